The van der Waals surface area contributed by atoms with Crippen molar-refractivity contribution in [2.45, 2.75) is 65.3 Å². The Hall–Kier alpha value is -0.370. The molecular weight excluding hydrogens is 419 g/mol. The Kier molecular flexibility index (Phi) is 10.1. The third-order valence-electron chi connectivity index (χ3n) is 4.37. The van der Waals surface area contributed by atoms with E-state index in [1.165, 1.54) is 42.0 Å². The highest BCUT2D eigenvalue weighted by molar-refractivity contribution is 14.0. The van der Waals surface area contributed by atoms with Gasteiger partial charge in [-0.05, 0) is 45.4 Å². The summed E-state index contributed by atoms with van der Waals surface area (Å²) in [4.78, 5) is 10.4. The predicted octanol–water partition coefficient (Wildman–Crippen LogP) is 4.14. The summed E-state index contributed by atoms with van der Waals surface area (Å²) in [6.07, 6.45) is 9.45. The molecule has 1 aliphatic rings. The van der Waals surface area contributed by atoms with Gasteiger partial charge in [0.25, 0.3) is 0 Å². The number of rotatable bonds is 6. The Labute approximate surface area is 162 Å². The van der Waals surface area contributed by atoms with Crippen LogP contribution in [0.3, 0.4) is 0 Å². The van der Waals surface area contributed by atoms with E-state index in [9.17, 15) is 0 Å². The van der Waals surface area contributed by atoms with Gasteiger partial charge in [-0.3, -0.25) is 4.99 Å². The van der Waals surface area contributed by atoms with E-state index in [1.54, 1.807) is 11.3 Å². The lowest BCUT2D eigenvalue weighted by Crippen LogP contribution is -2.45. The summed E-state index contributed by atoms with van der Waals surface area (Å²) >= 11 is 1.77. The maximum Gasteiger partial charge on any atom is 0.191 e. The predicted molar refractivity (Wildman–Crippen MR) is 111 cm³/mol. The van der Waals surface area contributed by atoms with Gasteiger partial charge in [-0.15, -0.1) is 35.3 Å². The van der Waals surface area contributed by atoms with Gasteiger partial charge in [0, 0.05) is 36.6 Å². The van der Waals surface area contributed by atoms with Crippen molar-refractivity contribution in [2.75, 3.05) is 13.1 Å². The van der Waals surface area contributed by atoms with Crippen LogP contribution < -0.4 is 10.6 Å². The summed E-state index contributed by atoms with van der Waals surface area (Å²) in [5.74, 6) is 1.90. The molecule has 0 aromatic carbocycles. The molecular formula is C17H31IN4S. The second-order valence-corrected chi connectivity index (χ2v) is 7.46. The molecule has 1 heterocycles. The third-order valence-corrected chi connectivity index (χ3v) is 5.35. The van der Waals surface area contributed by atoms with Crippen LogP contribution in [0.2, 0.25) is 0 Å². The number of aromatic nitrogens is 1. The second kappa shape index (κ2) is 11.2. The van der Waals surface area contributed by atoms with Gasteiger partial charge in [0.1, 0.15) is 0 Å². The van der Waals surface area contributed by atoms with Gasteiger partial charge in [0.2, 0.25) is 0 Å². The molecule has 0 atom stereocenters. The molecule has 23 heavy (non-hydrogen) atoms. The van der Waals surface area contributed by atoms with E-state index in [0.29, 0.717) is 6.04 Å². The molecule has 0 amide bonds. The van der Waals surface area contributed by atoms with Gasteiger partial charge in [-0.1, -0.05) is 13.3 Å². The zero-order valence-corrected chi connectivity index (χ0v) is 17.7. The van der Waals surface area contributed by atoms with Gasteiger partial charge < -0.3 is 10.6 Å². The fourth-order valence-electron chi connectivity index (χ4n) is 3.01. The van der Waals surface area contributed by atoms with Crippen LogP contribution in [0.4, 0.5) is 0 Å². The molecule has 0 unspecified atom stereocenters. The number of halogens is 1. The van der Waals surface area contributed by atoms with E-state index in [4.69, 9.17) is 4.99 Å². The van der Waals surface area contributed by atoms with Crippen LogP contribution in [-0.2, 0) is 6.42 Å². The van der Waals surface area contributed by atoms with E-state index >= 15 is 0 Å². The number of thiazole rings is 1. The van der Waals surface area contributed by atoms with Crippen LogP contribution in [-0.4, -0.2) is 30.1 Å². The Morgan fingerprint density at radius 2 is 2.04 bits per heavy atom. The molecule has 1 aromatic heterocycles. The molecule has 2 N–H and O–H groups in total. The van der Waals surface area contributed by atoms with Crippen LogP contribution in [0, 0.1) is 12.8 Å². The normalized spacial score (nSPS) is 21.6. The van der Waals surface area contributed by atoms with Crippen molar-refractivity contribution in [3.05, 3.63) is 16.1 Å². The second-order valence-electron chi connectivity index (χ2n) is 6.15. The molecule has 4 nitrogen and oxygen atoms in total. The number of nitrogens with one attached hydrogen (secondary N) is 2. The summed E-state index contributed by atoms with van der Waals surface area (Å²) in [5.41, 5.74) is 0. The van der Waals surface area contributed by atoms with Crippen molar-refractivity contribution in [1.29, 1.82) is 0 Å². The van der Waals surface area contributed by atoms with Crippen LogP contribution in [0.5, 0.6) is 0 Å². The molecule has 1 fully saturated rings. The van der Waals surface area contributed by atoms with Crippen molar-refractivity contribution in [2.24, 2.45) is 10.9 Å². The first-order chi connectivity index (χ1) is 10.7. The van der Waals surface area contributed by atoms with Crippen molar-refractivity contribution < 1.29 is 0 Å². The lowest BCUT2D eigenvalue weighted by Gasteiger charge is -2.29. The summed E-state index contributed by atoms with van der Waals surface area (Å²) in [7, 11) is 0. The average molecular weight is 450 g/mol. The largest absolute Gasteiger partial charge is 0.357 e. The van der Waals surface area contributed by atoms with Crippen LogP contribution in [0.15, 0.2) is 11.2 Å². The lowest BCUT2D eigenvalue weighted by molar-refractivity contribution is 0.304. The number of aliphatic imine (C=N–C) groups is 1. The van der Waals surface area contributed by atoms with Crippen molar-refractivity contribution in [3.63, 3.8) is 0 Å². The Bertz CT molecular complexity index is 467. The van der Waals surface area contributed by atoms with Gasteiger partial charge >= 0.3 is 0 Å². The highest BCUT2D eigenvalue weighted by Crippen LogP contribution is 2.26. The Morgan fingerprint density at radius 3 is 2.61 bits per heavy atom. The maximum atomic E-state index is 4.71. The van der Waals surface area contributed by atoms with E-state index in [1.807, 2.05) is 6.20 Å². The minimum Gasteiger partial charge on any atom is -0.357 e. The van der Waals surface area contributed by atoms with Crippen molar-refractivity contribution >= 4 is 41.3 Å². The molecule has 0 spiro atoms. The van der Waals surface area contributed by atoms with E-state index in [2.05, 4.69) is 36.4 Å². The Balaban J connectivity index is 0.00000264. The summed E-state index contributed by atoms with van der Waals surface area (Å²) in [6.45, 7) is 8.24. The molecule has 1 aromatic rings. The lowest BCUT2D eigenvalue weighted by atomic mass is 9.84. The quantitative estimate of drug-likeness (QED) is 0.389. The summed E-state index contributed by atoms with van der Waals surface area (Å²) in [6, 6.07) is 0.586. The summed E-state index contributed by atoms with van der Waals surface area (Å²) < 4.78 is 0. The monoisotopic (exact) mass is 450 g/mol. The molecule has 2 rings (SSSR count). The van der Waals surface area contributed by atoms with Gasteiger partial charge in [0.05, 0.1) is 5.01 Å². The van der Waals surface area contributed by atoms with Gasteiger partial charge in [-0.25, -0.2) is 4.98 Å². The average Bonchev–Trinajstić information content (AvgIpc) is 2.94. The van der Waals surface area contributed by atoms with E-state index < -0.39 is 0 Å². The van der Waals surface area contributed by atoms with Crippen LogP contribution in [0.25, 0.3) is 0 Å². The highest BCUT2D eigenvalue weighted by Gasteiger charge is 2.20. The van der Waals surface area contributed by atoms with Crippen LogP contribution >= 0.6 is 35.3 Å². The molecule has 0 bridgehead atoms. The zero-order valence-electron chi connectivity index (χ0n) is 14.6. The topological polar surface area (TPSA) is 49.3 Å². The molecule has 0 saturated heterocycles. The number of guanidine groups is 1. The number of nitrogens with zero attached hydrogens (tertiary/aromatic N) is 2. The minimum absolute atomic E-state index is 0. The van der Waals surface area contributed by atoms with Gasteiger partial charge in [0.15, 0.2) is 5.96 Å². The number of aryl methyl sites for hydroxylation is 1. The molecule has 0 radical (unpaired) electrons. The first kappa shape index (κ1) is 20.7. The SMILES string of the molecule is CCNC(=NCCc1ncc(C)s1)NC1CCC(CC)CC1.I. The van der Waals surface area contributed by atoms with Crippen molar-refractivity contribution in [3.8, 4) is 0 Å². The molecule has 6 heteroatoms. The number of hydrogen-bond acceptors (Lipinski definition) is 3. The van der Waals surface area contributed by atoms with Gasteiger partial charge in [-0.2, -0.15) is 0 Å². The Morgan fingerprint density at radius 1 is 1.30 bits per heavy atom. The standard InChI is InChI=1S/C17H30N4S.HI/c1-4-14-6-8-15(9-7-14)21-17(18-5-2)19-11-10-16-20-12-13(3)22-16;/h12,14-15H,4-11H2,1-3H3,(H2,18,19,21);1H. The minimum atomic E-state index is 0. The first-order valence-corrected chi connectivity index (χ1v) is 9.49. The zero-order chi connectivity index (χ0) is 15.8. The highest BCUT2D eigenvalue weighted by atomic mass is 127. The van der Waals surface area contributed by atoms with E-state index in [0.717, 1.165) is 31.4 Å². The molecule has 1 aliphatic carbocycles. The summed E-state index contributed by atoms with van der Waals surface area (Å²) in [5, 5.41) is 8.16. The first-order valence-electron chi connectivity index (χ1n) is 8.67. The smallest absolute Gasteiger partial charge is 0.191 e. The maximum absolute atomic E-state index is 4.71. The fraction of sp³-hybridized carbons (Fsp3) is 0.765. The third kappa shape index (κ3) is 7.37. The molecule has 1 saturated carbocycles. The van der Waals surface area contributed by atoms with Crippen LogP contribution in [0.1, 0.15) is 55.8 Å². The fourth-order valence-corrected chi connectivity index (χ4v) is 3.78. The van der Waals surface area contributed by atoms with Crippen molar-refractivity contribution in [1.82, 2.24) is 15.6 Å². The van der Waals surface area contributed by atoms with E-state index in [-0.39, 0.29) is 24.0 Å². The molecule has 0 aliphatic heterocycles. The number of hydrogen-bond donors (Lipinski definition) is 2. The molecule has 132 valence electrons.